The first kappa shape index (κ1) is 19.9. The number of nitrogens with one attached hydrogen (secondary N) is 1. The Morgan fingerprint density at radius 2 is 1.71 bits per heavy atom. The number of amides is 1. The number of carbonyl (C=O) groups is 1. The third-order valence-electron chi connectivity index (χ3n) is 3.03. The monoisotopic (exact) mass is 334 g/mol. The van der Waals surface area contributed by atoms with Crippen LogP contribution in [0.5, 0.6) is 0 Å². The first-order valence-electron chi connectivity index (χ1n) is 6.34. The number of nitrogens with two attached hydrogens (primary N) is 1. The molecule has 1 aromatic carbocycles. The molecule has 21 heavy (non-hydrogen) atoms. The molecule has 0 fully saturated rings. The minimum Gasteiger partial charge on any atom is -0.351 e. The van der Waals surface area contributed by atoms with Crippen molar-refractivity contribution in [3.05, 3.63) is 29.8 Å². The Bertz CT molecular complexity index is 577. The van der Waals surface area contributed by atoms with Crippen LogP contribution >= 0.6 is 12.4 Å². The zero-order chi connectivity index (χ0) is 15.6. The second kappa shape index (κ2) is 7.24. The first-order valence-corrected chi connectivity index (χ1v) is 8.23. The second-order valence-electron chi connectivity index (χ2n) is 5.98. The van der Waals surface area contributed by atoms with Gasteiger partial charge >= 0.3 is 0 Å². The van der Waals surface area contributed by atoms with Gasteiger partial charge in [-0.15, -0.1) is 12.4 Å². The Morgan fingerprint density at radius 1 is 1.24 bits per heavy atom. The van der Waals surface area contributed by atoms with Crippen molar-refractivity contribution in [2.45, 2.75) is 38.3 Å². The number of benzene rings is 1. The fraction of sp³-hybridized carbons (Fsp3) is 0.500. The van der Waals surface area contributed by atoms with E-state index in [1.807, 2.05) is 20.8 Å². The van der Waals surface area contributed by atoms with E-state index in [1.165, 1.54) is 12.1 Å². The van der Waals surface area contributed by atoms with Crippen molar-refractivity contribution in [3.63, 3.8) is 0 Å². The highest BCUT2D eigenvalue weighted by Crippen LogP contribution is 2.17. The summed E-state index contributed by atoms with van der Waals surface area (Å²) in [5.41, 5.74) is 6.37. The van der Waals surface area contributed by atoms with E-state index in [1.54, 1.807) is 12.1 Å². The van der Waals surface area contributed by atoms with Crippen molar-refractivity contribution in [1.29, 1.82) is 0 Å². The van der Waals surface area contributed by atoms with Gasteiger partial charge in [0.25, 0.3) is 0 Å². The van der Waals surface area contributed by atoms with Crippen molar-refractivity contribution >= 4 is 28.2 Å². The normalized spacial score (nSPS) is 13.2. The standard InChI is InChI=1S/C14H22N2O3S.ClH/c1-14(2,3)12(15)13(17)16-9-10-5-7-11(8-6-10)20(4,18)19;/h5-8,12H,9,15H2,1-4H3,(H,16,17);1H/t12-;/m1./s1. The van der Waals surface area contributed by atoms with Crippen LogP contribution in [-0.4, -0.2) is 26.6 Å². The summed E-state index contributed by atoms with van der Waals surface area (Å²) in [4.78, 5) is 12.1. The zero-order valence-electron chi connectivity index (χ0n) is 12.7. The molecule has 1 atom stereocenters. The lowest BCUT2D eigenvalue weighted by Crippen LogP contribution is -2.48. The molecular formula is C14H23ClN2O3S. The maximum absolute atomic E-state index is 11.9. The predicted molar refractivity (Wildman–Crippen MR) is 86.1 cm³/mol. The van der Waals surface area contributed by atoms with E-state index in [9.17, 15) is 13.2 Å². The van der Waals surface area contributed by atoms with E-state index >= 15 is 0 Å². The fourth-order valence-electron chi connectivity index (χ4n) is 1.55. The molecule has 0 saturated heterocycles. The van der Waals surface area contributed by atoms with Crippen LogP contribution in [0.25, 0.3) is 0 Å². The third-order valence-corrected chi connectivity index (χ3v) is 4.16. The van der Waals surface area contributed by atoms with Gasteiger partial charge in [0.1, 0.15) is 0 Å². The maximum Gasteiger partial charge on any atom is 0.237 e. The summed E-state index contributed by atoms with van der Waals surface area (Å²) < 4.78 is 22.6. The molecule has 1 aromatic rings. The molecule has 0 aliphatic carbocycles. The van der Waals surface area contributed by atoms with Crippen molar-refractivity contribution in [2.75, 3.05) is 6.26 Å². The van der Waals surface area contributed by atoms with Gasteiger partial charge in [0.2, 0.25) is 5.91 Å². The van der Waals surface area contributed by atoms with Crippen LogP contribution < -0.4 is 11.1 Å². The quantitative estimate of drug-likeness (QED) is 0.873. The number of hydrogen-bond donors (Lipinski definition) is 2. The van der Waals surface area contributed by atoms with Crippen LogP contribution in [0.1, 0.15) is 26.3 Å². The van der Waals surface area contributed by atoms with Crippen LogP contribution in [0.3, 0.4) is 0 Å². The molecule has 0 unspecified atom stereocenters. The summed E-state index contributed by atoms with van der Waals surface area (Å²) >= 11 is 0. The SMILES string of the molecule is CC(C)(C)[C@H](N)C(=O)NCc1ccc(S(C)(=O)=O)cc1.Cl. The Hall–Kier alpha value is -1.11. The largest absolute Gasteiger partial charge is 0.351 e. The zero-order valence-corrected chi connectivity index (χ0v) is 14.3. The van der Waals surface area contributed by atoms with Crippen molar-refractivity contribution in [3.8, 4) is 0 Å². The van der Waals surface area contributed by atoms with Gasteiger partial charge in [-0.3, -0.25) is 4.79 Å². The Morgan fingerprint density at radius 3 is 2.10 bits per heavy atom. The van der Waals surface area contributed by atoms with E-state index < -0.39 is 15.9 Å². The van der Waals surface area contributed by atoms with Gasteiger partial charge < -0.3 is 11.1 Å². The first-order chi connectivity index (χ1) is 9.01. The average molecular weight is 335 g/mol. The molecule has 0 radical (unpaired) electrons. The summed E-state index contributed by atoms with van der Waals surface area (Å²) in [6.45, 7) is 6.03. The van der Waals surface area contributed by atoms with E-state index in [4.69, 9.17) is 5.73 Å². The number of halogens is 1. The summed E-state index contributed by atoms with van der Waals surface area (Å²) in [5, 5.41) is 2.75. The predicted octanol–water partition coefficient (Wildman–Crippen LogP) is 1.50. The summed E-state index contributed by atoms with van der Waals surface area (Å²) in [6.07, 6.45) is 1.16. The highest BCUT2D eigenvalue weighted by atomic mass is 35.5. The van der Waals surface area contributed by atoms with Gasteiger partial charge in [-0.05, 0) is 23.1 Å². The smallest absolute Gasteiger partial charge is 0.237 e. The number of hydrogen-bond acceptors (Lipinski definition) is 4. The van der Waals surface area contributed by atoms with Crippen LogP contribution in [0.15, 0.2) is 29.2 Å². The molecule has 0 aliphatic heterocycles. The molecule has 3 N–H and O–H groups in total. The van der Waals surface area contributed by atoms with Gasteiger partial charge in [0.15, 0.2) is 9.84 Å². The number of sulfone groups is 1. The van der Waals surface area contributed by atoms with Gasteiger partial charge in [-0.2, -0.15) is 0 Å². The molecule has 5 nitrogen and oxygen atoms in total. The van der Waals surface area contributed by atoms with E-state index in [-0.39, 0.29) is 28.6 Å². The molecule has 0 aliphatic rings. The van der Waals surface area contributed by atoms with Crippen molar-refractivity contribution in [2.24, 2.45) is 11.1 Å². The number of carbonyl (C=O) groups excluding carboxylic acids is 1. The third kappa shape index (κ3) is 6.03. The lowest BCUT2D eigenvalue weighted by molar-refractivity contribution is -0.124. The molecule has 0 bridgehead atoms. The molecule has 7 heteroatoms. The van der Waals surface area contributed by atoms with Gasteiger partial charge in [-0.25, -0.2) is 8.42 Å². The van der Waals surface area contributed by atoms with Crippen LogP contribution in [0.4, 0.5) is 0 Å². The van der Waals surface area contributed by atoms with Crippen LogP contribution in [0, 0.1) is 5.41 Å². The molecule has 0 spiro atoms. The van der Waals surface area contributed by atoms with E-state index in [2.05, 4.69) is 5.32 Å². The molecule has 0 heterocycles. The summed E-state index contributed by atoms with van der Waals surface area (Å²) in [7, 11) is -3.19. The molecule has 0 saturated carbocycles. The Labute approximate surface area is 132 Å². The molecule has 1 amide bonds. The van der Waals surface area contributed by atoms with Crippen molar-refractivity contribution < 1.29 is 13.2 Å². The highest BCUT2D eigenvalue weighted by Gasteiger charge is 2.27. The lowest BCUT2D eigenvalue weighted by atomic mass is 9.87. The van der Waals surface area contributed by atoms with Gasteiger partial charge in [-0.1, -0.05) is 32.9 Å². The fourth-order valence-corrected chi connectivity index (χ4v) is 2.18. The minimum atomic E-state index is -3.19. The van der Waals surface area contributed by atoms with E-state index in [0.29, 0.717) is 6.54 Å². The molecule has 1 rings (SSSR count). The van der Waals surface area contributed by atoms with Crippen molar-refractivity contribution in [1.82, 2.24) is 5.32 Å². The second-order valence-corrected chi connectivity index (χ2v) is 7.99. The average Bonchev–Trinajstić information content (AvgIpc) is 2.33. The lowest BCUT2D eigenvalue weighted by Gasteiger charge is -2.25. The Balaban J connectivity index is 0.00000400. The molecule has 0 aromatic heterocycles. The Kier molecular flexibility index (Phi) is 6.86. The van der Waals surface area contributed by atoms with Crippen LogP contribution in [0.2, 0.25) is 0 Å². The van der Waals surface area contributed by atoms with Gasteiger partial charge in [0.05, 0.1) is 10.9 Å². The minimum absolute atomic E-state index is 0. The van der Waals surface area contributed by atoms with Crippen LogP contribution in [-0.2, 0) is 21.2 Å². The maximum atomic E-state index is 11.9. The van der Waals surface area contributed by atoms with Gasteiger partial charge in [0, 0.05) is 12.8 Å². The molecule has 120 valence electrons. The summed E-state index contributed by atoms with van der Waals surface area (Å²) in [6, 6.07) is 5.83. The highest BCUT2D eigenvalue weighted by molar-refractivity contribution is 7.90. The topological polar surface area (TPSA) is 89.3 Å². The summed E-state index contributed by atoms with van der Waals surface area (Å²) in [5.74, 6) is -0.218. The van der Waals surface area contributed by atoms with E-state index in [0.717, 1.165) is 11.8 Å². The number of rotatable bonds is 4. The molecular weight excluding hydrogens is 312 g/mol.